The van der Waals surface area contributed by atoms with Gasteiger partial charge in [-0.15, -0.1) is 0 Å². The molecule has 2 rings (SSSR count). The van der Waals surface area contributed by atoms with Gasteiger partial charge in [-0.3, -0.25) is 0 Å². The topological polar surface area (TPSA) is 9.23 Å². The van der Waals surface area contributed by atoms with Gasteiger partial charge in [-0.25, -0.2) is 0 Å². The fourth-order valence-corrected chi connectivity index (χ4v) is 3.36. The van der Waals surface area contributed by atoms with Crippen LogP contribution in [0.1, 0.15) is 24.0 Å². The third-order valence-corrected chi connectivity index (χ3v) is 4.44. The number of rotatable bonds is 3. The molecule has 0 amide bonds. The lowest BCUT2D eigenvalue weighted by atomic mass is 9.72. The molecule has 0 aliphatic heterocycles. The molecule has 0 spiro atoms. The minimum atomic E-state index is 0.198. The van der Waals surface area contributed by atoms with Crippen LogP contribution in [-0.2, 0) is 16.6 Å². The molecule has 1 aromatic rings. The molecular weight excluding hydrogens is 252 g/mol. The van der Waals surface area contributed by atoms with Crippen molar-refractivity contribution in [2.24, 2.45) is 0 Å². The lowest BCUT2D eigenvalue weighted by Crippen LogP contribution is -2.37. The third kappa shape index (κ3) is 1.98. The summed E-state index contributed by atoms with van der Waals surface area (Å²) in [5.41, 5.74) is 3.18. The standard InChI is InChI=1S/C13H17BrO/c1-15-10-13(9-14)8-4-6-11-5-2-3-7-12(11)13/h2-3,5,7H,4,6,8-10H2,1H3. The summed E-state index contributed by atoms with van der Waals surface area (Å²) in [6.07, 6.45) is 3.71. The van der Waals surface area contributed by atoms with Gasteiger partial charge in [0.2, 0.25) is 0 Å². The summed E-state index contributed by atoms with van der Waals surface area (Å²) >= 11 is 3.66. The highest BCUT2D eigenvalue weighted by atomic mass is 79.9. The zero-order chi connectivity index (χ0) is 10.7. The van der Waals surface area contributed by atoms with E-state index in [4.69, 9.17) is 4.74 Å². The van der Waals surface area contributed by atoms with Gasteiger partial charge in [0.25, 0.3) is 0 Å². The average Bonchev–Trinajstić information content (AvgIpc) is 2.30. The van der Waals surface area contributed by atoms with Gasteiger partial charge in [0.15, 0.2) is 0 Å². The highest BCUT2D eigenvalue weighted by Gasteiger charge is 2.35. The van der Waals surface area contributed by atoms with Crippen LogP contribution >= 0.6 is 15.9 Å². The monoisotopic (exact) mass is 268 g/mol. The molecule has 1 aliphatic rings. The van der Waals surface area contributed by atoms with Gasteiger partial charge in [0.1, 0.15) is 0 Å². The molecule has 0 saturated carbocycles. The number of alkyl halides is 1. The Bertz CT molecular complexity index is 337. The zero-order valence-corrected chi connectivity index (χ0v) is 10.7. The van der Waals surface area contributed by atoms with Gasteiger partial charge in [0, 0.05) is 17.9 Å². The molecule has 0 N–H and O–H groups in total. The third-order valence-electron chi connectivity index (χ3n) is 3.37. The van der Waals surface area contributed by atoms with Crippen LogP contribution in [0.25, 0.3) is 0 Å². The maximum atomic E-state index is 5.40. The van der Waals surface area contributed by atoms with Gasteiger partial charge in [-0.05, 0) is 30.4 Å². The Morgan fingerprint density at radius 2 is 2.20 bits per heavy atom. The molecule has 1 unspecified atom stereocenters. The summed E-state index contributed by atoms with van der Waals surface area (Å²) in [5, 5.41) is 0.991. The summed E-state index contributed by atoms with van der Waals surface area (Å²) in [6.45, 7) is 0.815. The van der Waals surface area contributed by atoms with Crippen molar-refractivity contribution in [3.8, 4) is 0 Å². The molecule has 1 nitrogen and oxygen atoms in total. The number of ether oxygens (including phenoxy) is 1. The molecule has 0 radical (unpaired) electrons. The Balaban J connectivity index is 2.42. The molecule has 0 bridgehead atoms. The van der Waals surface area contributed by atoms with Crippen molar-refractivity contribution in [2.45, 2.75) is 24.7 Å². The van der Waals surface area contributed by atoms with E-state index >= 15 is 0 Å². The van der Waals surface area contributed by atoms with E-state index in [-0.39, 0.29) is 5.41 Å². The number of halogens is 1. The molecule has 82 valence electrons. The maximum absolute atomic E-state index is 5.40. The highest BCUT2D eigenvalue weighted by molar-refractivity contribution is 9.09. The van der Waals surface area contributed by atoms with Crippen molar-refractivity contribution in [1.29, 1.82) is 0 Å². The van der Waals surface area contributed by atoms with E-state index in [9.17, 15) is 0 Å². The van der Waals surface area contributed by atoms with E-state index in [0.717, 1.165) is 11.9 Å². The molecule has 1 aliphatic carbocycles. The molecule has 0 fully saturated rings. The lowest BCUT2D eigenvalue weighted by molar-refractivity contribution is 0.130. The van der Waals surface area contributed by atoms with Crippen LogP contribution in [-0.4, -0.2) is 19.0 Å². The smallest absolute Gasteiger partial charge is 0.0567 e. The van der Waals surface area contributed by atoms with E-state index in [2.05, 4.69) is 40.2 Å². The summed E-state index contributed by atoms with van der Waals surface area (Å²) in [5.74, 6) is 0. The number of methoxy groups -OCH3 is 1. The van der Waals surface area contributed by atoms with Crippen LogP contribution in [0, 0.1) is 0 Å². The summed E-state index contributed by atoms with van der Waals surface area (Å²) < 4.78 is 5.40. The SMILES string of the molecule is COCC1(CBr)CCCc2ccccc21. The van der Waals surface area contributed by atoms with E-state index in [1.165, 1.54) is 30.4 Å². The minimum absolute atomic E-state index is 0.198. The van der Waals surface area contributed by atoms with Gasteiger partial charge < -0.3 is 4.74 Å². The van der Waals surface area contributed by atoms with Crippen molar-refractivity contribution >= 4 is 15.9 Å². The molecule has 1 atom stereocenters. The Labute approximate surface area is 100.0 Å². The number of hydrogen-bond acceptors (Lipinski definition) is 1. The fourth-order valence-electron chi connectivity index (χ4n) is 2.61. The summed E-state index contributed by atoms with van der Waals surface area (Å²) in [7, 11) is 1.79. The second-order valence-electron chi connectivity index (χ2n) is 4.36. The van der Waals surface area contributed by atoms with E-state index in [1.807, 2.05) is 0 Å². The van der Waals surface area contributed by atoms with Gasteiger partial charge in [0.05, 0.1) is 6.61 Å². The van der Waals surface area contributed by atoms with Crippen molar-refractivity contribution in [3.05, 3.63) is 35.4 Å². The average molecular weight is 269 g/mol. The molecule has 15 heavy (non-hydrogen) atoms. The summed E-state index contributed by atoms with van der Waals surface area (Å²) in [6, 6.07) is 8.78. The quantitative estimate of drug-likeness (QED) is 0.765. The van der Waals surface area contributed by atoms with E-state index in [0.29, 0.717) is 0 Å². The first-order chi connectivity index (χ1) is 7.32. The van der Waals surface area contributed by atoms with Crippen molar-refractivity contribution < 1.29 is 4.74 Å². The van der Waals surface area contributed by atoms with Crippen LogP contribution in [0.5, 0.6) is 0 Å². The van der Waals surface area contributed by atoms with Gasteiger partial charge in [-0.2, -0.15) is 0 Å². The summed E-state index contributed by atoms with van der Waals surface area (Å²) in [4.78, 5) is 0. The van der Waals surface area contributed by atoms with E-state index in [1.54, 1.807) is 7.11 Å². The van der Waals surface area contributed by atoms with Crippen LogP contribution < -0.4 is 0 Å². The Hall–Kier alpha value is -0.340. The number of fused-ring (bicyclic) bond motifs is 1. The van der Waals surface area contributed by atoms with Gasteiger partial charge in [-0.1, -0.05) is 40.2 Å². The fraction of sp³-hybridized carbons (Fsp3) is 0.538. The largest absolute Gasteiger partial charge is 0.384 e. The van der Waals surface area contributed by atoms with Crippen molar-refractivity contribution in [1.82, 2.24) is 0 Å². The maximum Gasteiger partial charge on any atom is 0.0567 e. The molecule has 2 heteroatoms. The number of benzene rings is 1. The predicted octanol–water partition coefficient (Wildman–Crippen LogP) is 3.30. The zero-order valence-electron chi connectivity index (χ0n) is 9.13. The first-order valence-corrected chi connectivity index (χ1v) is 6.58. The number of hydrogen-bond donors (Lipinski definition) is 0. The van der Waals surface area contributed by atoms with Gasteiger partial charge >= 0.3 is 0 Å². The Morgan fingerprint density at radius 3 is 2.93 bits per heavy atom. The minimum Gasteiger partial charge on any atom is -0.384 e. The first-order valence-electron chi connectivity index (χ1n) is 5.46. The van der Waals surface area contributed by atoms with Crippen LogP contribution in [0.15, 0.2) is 24.3 Å². The molecular formula is C13H17BrO. The first kappa shape index (κ1) is 11.2. The number of aryl methyl sites for hydroxylation is 1. The van der Waals surface area contributed by atoms with Crippen LogP contribution in [0.4, 0.5) is 0 Å². The van der Waals surface area contributed by atoms with Crippen molar-refractivity contribution in [2.75, 3.05) is 19.0 Å². The highest BCUT2D eigenvalue weighted by Crippen LogP contribution is 2.38. The van der Waals surface area contributed by atoms with E-state index < -0.39 is 0 Å². The molecule has 1 aromatic carbocycles. The molecule has 0 aromatic heterocycles. The normalized spacial score (nSPS) is 24.9. The predicted molar refractivity (Wildman–Crippen MR) is 66.7 cm³/mol. The van der Waals surface area contributed by atoms with Crippen LogP contribution in [0.3, 0.4) is 0 Å². The molecule has 0 saturated heterocycles. The second kappa shape index (κ2) is 4.67. The second-order valence-corrected chi connectivity index (χ2v) is 4.92. The Kier molecular flexibility index (Phi) is 3.47. The molecule has 0 heterocycles. The van der Waals surface area contributed by atoms with Crippen LogP contribution in [0.2, 0.25) is 0 Å². The van der Waals surface area contributed by atoms with Crippen molar-refractivity contribution in [3.63, 3.8) is 0 Å². The Morgan fingerprint density at radius 1 is 1.40 bits per heavy atom. The lowest BCUT2D eigenvalue weighted by Gasteiger charge is -2.37.